The number of benzene rings is 2. The molecular weight excluding hydrogens is 388 g/mol. The highest BCUT2D eigenvalue weighted by molar-refractivity contribution is 6.21. The fourth-order valence-corrected chi connectivity index (χ4v) is 4.87. The van der Waals surface area contributed by atoms with Crippen molar-refractivity contribution in [3.63, 3.8) is 0 Å². The van der Waals surface area contributed by atoms with E-state index in [1.807, 2.05) is 36.4 Å². The molecule has 0 N–H and O–H groups in total. The number of fused-ring (bicyclic) bond motifs is 1. The fraction of sp³-hybridized carbons (Fsp3) is 0.462. The standard InChI is InChI=1S/C26H32N2O3/c1-5-18(2)15-26(3,4)22-14-24(29)28(25(22)30)21-11-12-23-19(13-21)16-27(17-31-23)20-9-7-6-8-10-20/h6-13,18,22H,5,14-17H2,1-4H3. The zero-order valence-electron chi connectivity index (χ0n) is 18.9. The Balaban J connectivity index is 1.57. The van der Waals surface area contributed by atoms with Gasteiger partial charge in [-0.3, -0.25) is 14.5 Å². The largest absolute Gasteiger partial charge is 0.473 e. The maximum absolute atomic E-state index is 13.4. The Morgan fingerprint density at radius 1 is 1.10 bits per heavy atom. The molecule has 5 nitrogen and oxygen atoms in total. The Bertz CT molecular complexity index is 970. The van der Waals surface area contributed by atoms with Crippen LogP contribution in [0.3, 0.4) is 0 Å². The molecule has 2 atom stereocenters. The summed E-state index contributed by atoms with van der Waals surface area (Å²) in [5.41, 5.74) is 2.50. The van der Waals surface area contributed by atoms with Gasteiger partial charge in [0.15, 0.2) is 6.73 Å². The van der Waals surface area contributed by atoms with E-state index in [9.17, 15) is 9.59 Å². The maximum atomic E-state index is 13.4. The molecule has 2 amide bonds. The van der Waals surface area contributed by atoms with Crippen molar-refractivity contribution in [1.82, 2.24) is 0 Å². The number of para-hydroxylation sites is 1. The second kappa shape index (κ2) is 8.37. The average molecular weight is 421 g/mol. The van der Waals surface area contributed by atoms with Crippen molar-refractivity contribution in [2.75, 3.05) is 16.5 Å². The first kappa shape index (κ1) is 21.4. The smallest absolute Gasteiger partial charge is 0.237 e. The van der Waals surface area contributed by atoms with Crippen LogP contribution in [0.1, 0.15) is 52.5 Å². The number of nitrogens with zero attached hydrogens (tertiary/aromatic N) is 2. The monoisotopic (exact) mass is 420 g/mol. The molecule has 4 rings (SSSR count). The average Bonchev–Trinajstić information content (AvgIpc) is 3.08. The number of carbonyl (C=O) groups is 2. The van der Waals surface area contributed by atoms with Gasteiger partial charge >= 0.3 is 0 Å². The Labute approximate surface area is 185 Å². The summed E-state index contributed by atoms with van der Waals surface area (Å²) in [5, 5.41) is 0. The summed E-state index contributed by atoms with van der Waals surface area (Å²) in [4.78, 5) is 29.8. The molecule has 2 heterocycles. The van der Waals surface area contributed by atoms with Gasteiger partial charge in [-0.25, -0.2) is 0 Å². The van der Waals surface area contributed by atoms with Gasteiger partial charge in [0.25, 0.3) is 0 Å². The van der Waals surface area contributed by atoms with Crippen molar-refractivity contribution in [2.45, 2.75) is 53.5 Å². The molecule has 1 fully saturated rings. The van der Waals surface area contributed by atoms with Crippen molar-refractivity contribution >= 4 is 23.2 Å². The van der Waals surface area contributed by atoms with Crippen LogP contribution in [0.4, 0.5) is 11.4 Å². The summed E-state index contributed by atoms with van der Waals surface area (Å²) in [5.74, 6) is 0.876. The molecule has 2 aliphatic rings. The number of anilines is 2. The first-order valence-corrected chi connectivity index (χ1v) is 11.2. The summed E-state index contributed by atoms with van der Waals surface area (Å²) in [6.07, 6.45) is 2.29. The van der Waals surface area contributed by atoms with Crippen LogP contribution < -0.4 is 14.5 Å². The predicted octanol–water partition coefficient (Wildman–Crippen LogP) is 5.39. The van der Waals surface area contributed by atoms with E-state index in [4.69, 9.17) is 4.74 Å². The summed E-state index contributed by atoms with van der Waals surface area (Å²) in [7, 11) is 0. The lowest BCUT2D eigenvalue weighted by atomic mass is 9.72. The van der Waals surface area contributed by atoms with E-state index in [0.717, 1.165) is 29.8 Å². The molecule has 0 saturated carbocycles. The number of hydrogen-bond acceptors (Lipinski definition) is 4. The Kier molecular flexibility index (Phi) is 5.78. The van der Waals surface area contributed by atoms with E-state index < -0.39 is 0 Å². The van der Waals surface area contributed by atoms with E-state index >= 15 is 0 Å². The Morgan fingerprint density at radius 3 is 2.55 bits per heavy atom. The highest BCUT2D eigenvalue weighted by atomic mass is 16.5. The first-order valence-electron chi connectivity index (χ1n) is 11.2. The lowest BCUT2D eigenvalue weighted by Gasteiger charge is -2.33. The summed E-state index contributed by atoms with van der Waals surface area (Å²) in [6, 6.07) is 15.7. The molecule has 0 bridgehead atoms. The van der Waals surface area contributed by atoms with Crippen LogP contribution in [0.2, 0.25) is 0 Å². The Hall–Kier alpha value is -2.82. The van der Waals surface area contributed by atoms with Crippen LogP contribution in [0, 0.1) is 17.3 Å². The molecule has 0 spiro atoms. The molecule has 2 aliphatic heterocycles. The third-order valence-electron chi connectivity index (χ3n) is 6.82. The summed E-state index contributed by atoms with van der Waals surface area (Å²) >= 11 is 0. The van der Waals surface area contributed by atoms with Crippen molar-refractivity contribution in [3.8, 4) is 5.75 Å². The molecule has 2 aromatic rings. The first-order chi connectivity index (χ1) is 14.8. The van der Waals surface area contributed by atoms with Gasteiger partial charge in [-0.1, -0.05) is 52.3 Å². The third-order valence-corrected chi connectivity index (χ3v) is 6.82. The second-order valence-electron chi connectivity index (χ2n) is 9.63. The second-order valence-corrected chi connectivity index (χ2v) is 9.63. The lowest BCUT2D eigenvalue weighted by Crippen LogP contribution is -2.36. The third kappa shape index (κ3) is 4.18. The van der Waals surface area contributed by atoms with Crippen molar-refractivity contribution in [2.24, 2.45) is 17.3 Å². The highest BCUT2D eigenvalue weighted by Crippen LogP contribution is 2.43. The highest BCUT2D eigenvalue weighted by Gasteiger charge is 2.47. The van der Waals surface area contributed by atoms with Gasteiger partial charge in [0.05, 0.1) is 11.6 Å². The zero-order valence-corrected chi connectivity index (χ0v) is 18.9. The van der Waals surface area contributed by atoms with Gasteiger partial charge in [-0.2, -0.15) is 0 Å². The number of rotatable bonds is 6. The molecule has 0 aromatic heterocycles. The van der Waals surface area contributed by atoms with Crippen molar-refractivity contribution in [1.29, 1.82) is 0 Å². The Morgan fingerprint density at radius 2 is 1.84 bits per heavy atom. The molecular formula is C26H32N2O3. The van der Waals surface area contributed by atoms with E-state index in [1.165, 1.54) is 4.90 Å². The van der Waals surface area contributed by atoms with Crippen LogP contribution in [-0.4, -0.2) is 18.5 Å². The molecule has 5 heteroatoms. The summed E-state index contributed by atoms with van der Waals surface area (Å²) < 4.78 is 5.93. The van der Waals surface area contributed by atoms with Crippen LogP contribution >= 0.6 is 0 Å². The van der Waals surface area contributed by atoms with Gasteiger partial charge in [0.1, 0.15) is 5.75 Å². The molecule has 164 valence electrons. The van der Waals surface area contributed by atoms with Gasteiger partial charge < -0.3 is 9.64 Å². The SMILES string of the molecule is CCC(C)CC(C)(C)C1CC(=O)N(c2ccc3c(c2)CN(c2ccccc2)CO3)C1=O. The molecule has 2 unspecified atom stereocenters. The van der Waals surface area contributed by atoms with E-state index in [1.54, 1.807) is 0 Å². The minimum atomic E-state index is -0.276. The number of hydrogen-bond donors (Lipinski definition) is 0. The predicted molar refractivity (Wildman–Crippen MR) is 123 cm³/mol. The maximum Gasteiger partial charge on any atom is 0.237 e. The van der Waals surface area contributed by atoms with Crippen LogP contribution in [0.15, 0.2) is 48.5 Å². The van der Waals surface area contributed by atoms with Crippen LogP contribution in [0.5, 0.6) is 5.75 Å². The molecule has 1 saturated heterocycles. The van der Waals surface area contributed by atoms with Gasteiger partial charge in [-0.15, -0.1) is 0 Å². The number of ether oxygens (including phenoxy) is 1. The van der Waals surface area contributed by atoms with Crippen molar-refractivity contribution < 1.29 is 14.3 Å². The van der Waals surface area contributed by atoms with Gasteiger partial charge in [0, 0.05) is 24.2 Å². The molecule has 2 aromatic carbocycles. The van der Waals surface area contributed by atoms with Crippen molar-refractivity contribution in [3.05, 3.63) is 54.1 Å². The van der Waals surface area contributed by atoms with Crippen LogP contribution in [0.25, 0.3) is 0 Å². The van der Waals surface area contributed by atoms with Gasteiger partial charge in [0.2, 0.25) is 11.8 Å². The molecule has 31 heavy (non-hydrogen) atoms. The minimum Gasteiger partial charge on any atom is -0.473 e. The van der Waals surface area contributed by atoms with E-state index in [0.29, 0.717) is 24.9 Å². The van der Waals surface area contributed by atoms with Crippen LogP contribution in [-0.2, 0) is 16.1 Å². The normalized spacial score (nSPS) is 19.9. The topological polar surface area (TPSA) is 49.9 Å². The lowest BCUT2D eigenvalue weighted by molar-refractivity contribution is -0.124. The minimum absolute atomic E-state index is 0.0742. The number of imide groups is 1. The number of amides is 2. The molecule has 0 aliphatic carbocycles. The zero-order chi connectivity index (χ0) is 22.2. The van der Waals surface area contributed by atoms with E-state index in [-0.39, 0.29) is 29.6 Å². The fourth-order valence-electron chi connectivity index (χ4n) is 4.87. The molecule has 0 radical (unpaired) electrons. The van der Waals surface area contributed by atoms with E-state index in [2.05, 4.69) is 44.7 Å². The van der Waals surface area contributed by atoms with Gasteiger partial charge in [-0.05, 0) is 48.1 Å². The quantitative estimate of drug-likeness (QED) is 0.588. The summed E-state index contributed by atoms with van der Waals surface area (Å²) in [6.45, 7) is 9.77. The number of carbonyl (C=O) groups excluding carboxylic acids is 2.